The molecule has 0 aliphatic rings. The first kappa shape index (κ1) is 18.2. The van der Waals surface area contributed by atoms with Gasteiger partial charge < -0.3 is 5.11 Å². The van der Waals surface area contributed by atoms with Gasteiger partial charge in [-0.1, -0.05) is 54.6 Å². The molecule has 3 aromatic carbocycles. The molecule has 1 amide bonds. The van der Waals surface area contributed by atoms with Crippen LogP contribution in [0.25, 0.3) is 23.1 Å². The Morgan fingerprint density at radius 3 is 2.48 bits per heavy atom. The maximum atomic E-state index is 12.8. The highest BCUT2D eigenvalue weighted by atomic mass is 16.4. The average Bonchev–Trinajstić information content (AvgIpc) is 3.14. The molecule has 6 nitrogen and oxygen atoms in total. The van der Waals surface area contributed by atoms with E-state index in [2.05, 4.69) is 15.5 Å². The molecule has 0 radical (unpaired) electrons. The molecule has 0 saturated carbocycles. The molecule has 4 aromatic rings. The minimum atomic E-state index is -1.18. The number of nitrogens with zero attached hydrogens (tertiary/aromatic N) is 1. The molecule has 4 rings (SSSR count). The lowest BCUT2D eigenvalue weighted by molar-refractivity contribution is 0.103. The first-order valence-electron chi connectivity index (χ1n) is 8.96. The van der Waals surface area contributed by atoms with E-state index in [4.69, 9.17) is 5.11 Å². The minimum Gasteiger partial charge on any atom is -0.465 e. The van der Waals surface area contributed by atoms with Crippen molar-refractivity contribution in [2.24, 2.45) is 0 Å². The van der Waals surface area contributed by atoms with Gasteiger partial charge in [-0.3, -0.25) is 15.2 Å². The molecule has 142 valence electrons. The van der Waals surface area contributed by atoms with Crippen molar-refractivity contribution in [2.45, 2.75) is 0 Å². The van der Waals surface area contributed by atoms with Crippen LogP contribution in [0.15, 0.2) is 72.8 Å². The SMILES string of the molecule is O=C(O)Nc1cccc(C(=O)c2ccc3c(C=Cc4ccccc4)n[nH]c3c2)c1. The van der Waals surface area contributed by atoms with Crippen LogP contribution in [0.4, 0.5) is 10.5 Å². The van der Waals surface area contributed by atoms with Gasteiger partial charge in [0, 0.05) is 22.2 Å². The second-order valence-corrected chi connectivity index (χ2v) is 6.45. The molecule has 0 aliphatic heterocycles. The van der Waals surface area contributed by atoms with Crippen LogP contribution in [-0.4, -0.2) is 27.2 Å². The zero-order valence-corrected chi connectivity index (χ0v) is 15.3. The second kappa shape index (κ2) is 7.82. The number of hydrogen-bond donors (Lipinski definition) is 3. The summed E-state index contributed by atoms with van der Waals surface area (Å²) in [7, 11) is 0. The molecule has 0 fully saturated rings. The first-order valence-corrected chi connectivity index (χ1v) is 8.96. The van der Waals surface area contributed by atoms with Crippen LogP contribution in [0, 0.1) is 0 Å². The van der Waals surface area contributed by atoms with Gasteiger partial charge >= 0.3 is 6.09 Å². The molecular weight excluding hydrogens is 366 g/mol. The number of aromatic amines is 1. The molecule has 0 saturated heterocycles. The fourth-order valence-electron chi connectivity index (χ4n) is 3.08. The summed E-state index contributed by atoms with van der Waals surface area (Å²) in [6.07, 6.45) is 2.73. The Morgan fingerprint density at radius 1 is 0.897 bits per heavy atom. The highest BCUT2D eigenvalue weighted by Crippen LogP contribution is 2.22. The predicted molar refractivity (Wildman–Crippen MR) is 113 cm³/mol. The number of hydrogen-bond acceptors (Lipinski definition) is 3. The lowest BCUT2D eigenvalue weighted by Crippen LogP contribution is -2.08. The molecule has 0 unspecified atom stereocenters. The molecular formula is C23H17N3O3. The van der Waals surface area contributed by atoms with Gasteiger partial charge in [0.15, 0.2) is 5.78 Å². The third kappa shape index (κ3) is 4.06. The van der Waals surface area contributed by atoms with Gasteiger partial charge in [-0.2, -0.15) is 5.10 Å². The summed E-state index contributed by atoms with van der Waals surface area (Å²) in [5.41, 5.74) is 3.86. The van der Waals surface area contributed by atoms with E-state index in [0.29, 0.717) is 16.8 Å². The molecule has 29 heavy (non-hydrogen) atoms. The van der Waals surface area contributed by atoms with Crippen LogP contribution in [0.3, 0.4) is 0 Å². The summed E-state index contributed by atoms with van der Waals surface area (Å²) >= 11 is 0. The van der Waals surface area contributed by atoms with E-state index >= 15 is 0 Å². The summed E-state index contributed by atoms with van der Waals surface area (Å²) in [4.78, 5) is 23.6. The molecule has 6 heteroatoms. The summed E-state index contributed by atoms with van der Waals surface area (Å²) in [6, 6.07) is 21.7. The first-order chi connectivity index (χ1) is 14.1. The fourth-order valence-corrected chi connectivity index (χ4v) is 3.08. The van der Waals surface area contributed by atoms with Crippen LogP contribution >= 0.6 is 0 Å². The molecule has 3 N–H and O–H groups in total. The van der Waals surface area contributed by atoms with Gasteiger partial charge in [-0.05, 0) is 35.9 Å². The van der Waals surface area contributed by atoms with Gasteiger partial charge in [0.25, 0.3) is 0 Å². The zero-order chi connectivity index (χ0) is 20.2. The topological polar surface area (TPSA) is 95.1 Å². The number of fused-ring (bicyclic) bond motifs is 1. The normalized spacial score (nSPS) is 11.0. The molecule has 0 aliphatic carbocycles. The number of nitrogens with one attached hydrogen (secondary N) is 2. The van der Waals surface area contributed by atoms with Crippen molar-refractivity contribution in [1.29, 1.82) is 0 Å². The van der Waals surface area contributed by atoms with Crippen molar-refractivity contribution in [2.75, 3.05) is 5.32 Å². The number of rotatable bonds is 5. The number of aromatic nitrogens is 2. The van der Waals surface area contributed by atoms with Crippen LogP contribution in [0.5, 0.6) is 0 Å². The summed E-state index contributed by atoms with van der Waals surface area (Å²) in [5, 5.41) is 19.3. The van der Waals surface area contributed by atoms with E-state index in [9.17, 15) is 9.59 Å². The summed E-state index contributed by atoms with van der Waals surface area (Å²) in [6.45, 7) is 0. The number of H-pyrrole nitrogens is 1. The van der Waals surface area contributed by atoms with Crippen molar-refractivity contribution in [3.05, 3.63) is 95.2 Å². The second-order valence-electron chi connectivity index (χ2n) is 6.45. The number of ketones is 1. The Labute approximate surface area is 166 Å². The van der Waals surface area contributed by atoms with Crippen molar-refractivity contribution < 1.29 is 14.7 Å². The Hall–Kier alpha value is -4.19. The fraction of sp³-hybridized carbons (Fsp3) is 0. The van der Waals surface area contributed by atoms with Gasteiger partial charge in [-0.15, -0.1) is 0 Å². The Morgan fingerprint density at radius 2 is 1.69 bits per heavy atom. The van der Waals surface area contributed by atoms with E-state index < -0.39 is 6.09 Å². The Bertz CT molecular complexity index is 1230. The minimum absolute atomic E-state index is 0.197. The summed E-state index contributed by atoms with van der Waals surface area (Å²) in [5.74, 6) is -0.197. The third-order valence-electron chi connectivity index (χ3n) is 4.46. The number of carbonyl (C=O) groups is 2. The van der Waals surface area contributed by atoms with Crippen molar-refractivity contribution in [3.8, 4) is 0 Å². The lowest BCUT2D eigenvalue weighted by Gasteiger charge is -2.05. The zero-order valence-electron chi connectivity index (χ0n) is 15.3. The third-order valence-corrected chi connectivity index (χ3v) is 4.46. The van der Waals surface area contributed by atoms with E-state index in [-0.39, 0.29) is 5.78 Å². The maximum Gasteiger partial charge on any atom is 0.409 e. The smallest absolute Gasteiger partial charge is 0.409 e. The number of benzene rings is 3. The Kier molecular flexibility index (Phi) is 4.90. The largest absolute Gasteiger partial charge is 0.465 e. The van der Waals surface area contributed by atoms with Crippen LogP contribution in [0.2, 0.25) is 0 Å². The monoisotopic (exact) mass is 383 g/mol. The average molecular weight is 383 g/mol. The molecule has 0 bridgehead atoms. The van der Waals surface area contributed by atoms with Gasteiger partial charge in [-0.25, -0.2) is 4.79 Å². The number of carbonyl (C=O) groups excluding carboxylic acids is 1. The van der Waals surface area contributed by atoms with E-state index in [1.165, 1.54) is 6.07 Å². The highest BCUT2D eigenvalue weighted by molar-refractivity contribution is 6.11. The molecule has 0 atom stereocenters. The van der Waals surface area contributed by atoms with E-state index in [1.807, 2.05) is 48.6 Å². The van der Waals surface area contributed by atoms with E-state index in [1.54, 1.807) is 30.3 Å². The number of carboxylic acid groups (broad SMARTS) is 1. The summed E-state index contributed by atoms with van der Waals surface area (Å²) < 4.78 is 0. The van der Waals surface area contributed by atoms with Crippen LogP contribution < -0.4 is 5.32 Å². The van der Waals surface area contributed by atoms with Crippen molar-refractivity contribution in [1.82, 2.24) is 10.2 Å². The predicted octanol–water partition coefficient (Wildman–Crippen LogP) is 5.05. The molecule has 1 heterocycles. The lowest BCUT2D eigenvalue weighted by atomic mass is 10.0. The Balaban J connectivity index is 1.61. The van der Waals surface area contributed by atoms with Gasteiger partial charge in [0.2, 0.25) is 0 Å². The van der Waals surface area contributed by atoms with Crippen molar-refractivity contribution in [3.63, 3.8) is 0 Å². The quantitative estimate of drug-likeness (QED) is 0.420. The van der Waals surface area contributed by atoms with Gasteiger partial charge in [0.1, 0.15) is 0 Å². The van der Waals surface area contributed by atoms with Crippen LogP contribution in [0.1, 0.15) is 27.2 Å². The number of amides is 1. The highest BCUT2D eigenvalue weighted by Gasteiger charge is 2.12. The van der Waals surface area contributed by atoms with E-state index in [0.717, 1.165) is 22.2 Å². The van der Waals surface area contributed by atoms with Crippen molar-refractivity contribution >= 4 is 40.6 Å². The number of anilines is 1. The maximum absolute atomic E-state index is 12.8. The van der Waals surface area contributed by atoms with Crippen LogP contribution in [-0.2, 0) is 0 Å². The van der Waals surface area contributed by atoms with Gasteiger partial charge in [0.05, 0.1) is 11.2 Å². The molecule has 0 spiro atoms. The molecule has 1 aromatic heterocycles. The standard InChI is InChI=1S/C23H17N3O3/c27-22(16-7-4-8-18(13-16)24-23(28)29)17-10-11-19-20(25-26-21(19)14-17)12-9-15-5-2-1-3-6-15/h1-14,24H,(H,25,26)(H,28,29).